The van der Waals surface area contributed by atoms with Crippen molar-refractivity contribution in [2.45, 2.75) is 0 Å². The van der Waals surface area contributed by atoms with Gasteiger partial charge < -0.3 is 12.4 Å². The Bertz CT molecular complexity index is 115. The lowest BCUT2D eigenvalue weighted by Crippen LogP contribution is -3.00. The molecule has 7 heavy (non-hydrogen) atoms. The summed E-state index contributed by atoms with van der Waals surface area (Å²) in [5.41, 5.74) is 0. The van der Waals surface area contributed by atoms with Crippen LogP contribution in [0.4, 0.5) is 0 Å². The van der Waals surface area contributed by atoms with E-state index < -0.39 is 0 Å². The third-order valence-electron chi connectivity index (χ3n) is 0.352. The van der Waals surface area contributed by atoms with Gasteiger partial charge in [0.25, 0.3) is 29.2 Å². The van der Waals surface area contributed by atoms with Gasteiger partial charge in [-0.1, -0.05) is 0 Å². The number of rotatable bonds is 0. The molecule has 0 aliphatic heterocycles. The highest BCUT2D eigenvalue weighted by Gasteiger charge is 1.87. The zero-order valence-corrected chi connectivity index (χ0v) is 6.09. The van der Waals surface area contributed by atoms with Gasteiger partial charge >= 0.3 is 0 Å². The van der Waals surface area contributed by atoms with Gasteiger partial charge in [-0.05, 0) is 0 Å². The zero-order valence-electron chi connectivity index (χ0n) is 3.17. The van der Waals surface area contributed by atoms with E-state index >= 15 is 0 Å². The van der Waals surface area contributed by atoms with Crippen LogP contribution in [-0.2, 0) is 0 Å². The average molecular weight is 232 g/mol. The standard InChI is InChI=1S/CHIN4.ClH/c2-6-4-1-3-5-6;/h1H;1H. The number of hydrogen-bond acceptors (Lipinski definition) is 2. The predicted octanol–water partition coefficient (Wildman–Crippen LogP) is -3.71. The van der Waals surface area contributed by atoms with E-state index in [4.69, 9.17) is 0 Å². The SMILES string of the molecule is I[n+]1nnc[nH]1.[Cl-]. The summed E-state index contributed by atoms with van der Waals surface area (Å²) in [5, 5.41) is 9.67. The summed E-state index contributed by atoms with van der Waals surface area (Å²) in [6.45, 7) is 0. The van der Waals surface area contributed by atoms with Crippen molar-refractivity contribution < 1.29 is 15.4 Å². The zero-order chi connectivity index (χ0) is 4.41. The van der Waals surface area contributed by atoms with Gasteiger partial charge in [-0.3, -0.25) is 0 Å². The Hall–Kier alpha value is 0.0900. The highest BCUT2D eigenvalue weighted by Crippen LogP contribution is 1.58. The molecule has 40 valence electrons. The van der Waals surface area contributed by atoms with Gasteiger partial charge in [-0.2, -0.15) is 5.10 Å². The lowest BCUT2D eigenvalue weighted by atomic mass is 11.4. The first-order chi connectivity index (χ1) is 2.89. The van der Waals surface area contributed by atoms with Crippen LogP contribution < -0.4 is 15.4 Å². The van der Waals surface area contributed by atoms with Crippen molar-refractivity contribution in [3.8, 4) is 0 Å². The van der Waals surface area contributed by atoms with Gasteiger partial charge in [-0.15, -0.1) is 0 Å². The maximum atomic E-state index is 3.51. The molecule has 0 aliphatic rings. The van der Waals surface area contributed by atoms with E-state index in [2.05, 4.69) is 15.4 Å². The van der Waals surface area contributed by atoms with Crippen LogP contribution in [0.15, 0.2) is 6.33 Å². The number of halogens is 2. The summed E-state index contributed by atoms with van der Waals surface area (Å²) >= 11 is 1.96. The van der Waals surface area contributed by atoms with E-state index in [1.165, 1.54) is 9.34 Å². The molecule has 0 saturated heterocycles. The Morgan fingerprint density at radius 3 is 2.57 bits per heavy atom. The highest BCUT2D eigenvalue weighted by atomic mass is 127. The lowest BCUT2D eigenvalue weighted by Gasteiger charge is -1.57. The molecule has 0 spiro atoms. The van der Waals surface area contributed by atoms with Crippen molar-refractivity contribution in [2.24, 2.45) is 0 Å². The summed E-state index contributed by atoms with van der Waals surface area (Å²) in [6.07, 6.45) is 1.51. The molecule has 1 rings (SSSR count). The Morgan fingerprint density at radius 2 is 2.43 bits per heavy atom. The molecule has 1 N–H and O–H groups in total. The van der Waals surface area contributed by atoms with Crippen molar-refractivity contribution in [3.63, 3.8) is 0 Å². The quantitative estimate of drug-likeness (QED) is 0.468. The minimum Gasteiger partial charge on any atom is -1.00 e. The molecule has 1 heterocycles. The van der Waals surface area contributed by atoms with Crippen LogP contribution in [0.3, 0.4) is 0 Å². The Morgan fingerprint density at radius 1 is 1.71 bits per heavy atom. The summed E-state index contributed by atoms with van der Waals surface area (Å²) in [5.74, 6) is 0. The molecule has 4 nitrogen and oxygen atoms in total. The van der Waals surface area contributed by atoms with Crippen molar-refractivity contribution in [2.75, 3.05) is 0 Å². The normalized spacial score (nSPS) is 7.57. The van der Waals surface area contributed by atoms with Gasteiger partial charge in [-0.25, -0.2) is 0 Å². The molecule has 1 aromatic rings. The molecule has 0 aromatic carbocycles. The van der Waals surface area contributed by atoms with E-state index in [-0.39, 0.29) is 12.4 Å². The fraction of sp³-hybridized carbons (Fsp3) is 0. The molecular weight excluding hydrogens is 230 g/mol. The van der Waals surface area contributed by atoms with Crippen LogP contribution in [0.2, 0.25) is 0 Å². The molecular formula is CH2ClIN4. The van der Waals surface area contributed by atoms with E-state index in [0.29, 0.717) is 0 Å². The molecule has 0 unspecified atom stereocenters. The molecule has 0 aliphatic carbocycles. The van der Waals surface area contributed by atoms with Gasteiger partial charge in [0.2, 0.25) is 0 Å². The second kappa shape index (κ2) is 3.14. The van der Waals surface area contributed by atoms with Crippen molar-refractivity contribution in [1.29, 1.82) is 0 Å². The highest BCUT2D eigenvalue weighted by molar-refractivity contribution is 14.1. The molecule has 0 bridgehead atoms. The van der Waals surface area contributed by atoms with Crippen LogP contribution in [-0.4, -0.2) is 15.4 Å². The molecule has 6 heteroatoms. The molecule has 0 saturated carbocycles. The van der Waals surface area contributed by atoms with E-state index in [1.54, 1.807) is 0 Å². The van der Waals surface area contributed by atoms with Crippen LogP contribution in [0, 0.1) is 0 Å². The topological polar surface area (TPSA) is 45.5 Å². The van der Waals surface area contributed by atoms with Crippen molar-refractivity contribution in [3.05, 3.63) is 6.33 Å². The largest absolute Gasteiger partial charge is 1.00 e. The lowest BCUT2D eigenvalue weighted by molar-refractivity contribution is -0.578. The summed E-state index contributed by atoms with van der Waals surface area (Å²) in [4.78, 5) is 0. The fourth-order valence-corrected chi connectivity index (χ4v) is 0.406. The molecule has 0 amide bonds. The maximum Gasteiger partial charge on any atom is 0.269 e. The van der Waals surface area contributed by atoms with Gasteiger partial charge in [0, 0.05) is 3.01 Å². The Labute approximate surface area is 60.2 Å². The van der Waals surface area contributed by atoms with Crippen LogP contribution in [0.25, 0.3) is 0 Å². The molecule has 0 fully saturated rings. The first kappa shape index (κ1) is 7.09. The van der Waals surface area contributed by atoms with Gasteiger partial charge in [0.1, 0.15) is 0 Å². The Balaban J connectivity index is 0.000000360. The Kier molecular flexibility index (Phi) is 3.18. The number of tetrazole rings is 1. The third kappa shape index (κ3) is 2.03. The average Bonchev–Trinajstić information content (AvgIpc) is 1.86. The minimum absolute atomic E-state index is 0. The van der Waals surface area contributed by atoms with E-state index in [0.717, 1.165) is 0 Å². The van der Waals surface area contributed by atoms with Crippen molar-refractivity contribution >= 4 is 22.9 Å². The van der Waals surface area contributed by atoms with Gasteiger partial charge in [0.15, 0.2) is 5.21 Å². The first-order valence-electron chi connectivity index (χ1n) is 1.34. The summed E-state index contributed by atoms with van der Waals surface area (Å²) in [7, 11) is 0. The number of aromatic nitrogens is 4. The van der Waals surface area contributed by atoms with Crippen LogP contribution >= 0.6 is 22.9 Å². The summed E-state index contributed by atoms with van der Waals surface area (Å²) in [6, 6.07) is 0. The van der Waals surface area contributed by atoms with E-state index in [1.807, 2.05) is 22.9 Å². The van der Waals surface area contributed by atoms with Crippen LogP contribution in [0.1, 0.15) is 0 Å². The number of aromatic amines is 1. The predicted molar refractivity (Wildman–Crippen MR) is 26.0 cm³/mol. The monoisotopic (exact) mass is 232 g/mol. The number of H-pyrrole nitrogens is 1. The second-order valence-electron chi connectivity index (χ2n) is 0.723. The molecule has 0 radical (unpaired) electrons. The van der Waals surface area contributed by atoms with Crippen LogP contribution in [0.5, 0.6) is 0 Å². The van der Waals surface area contributed by atoms with E-state index in [9.17, 15) is 0 Å². The summed E-state index contributed by atoms with van der Waals surface area (Å²) < 4.78 is 1.48. The number of hydrogen-bond donors (Lipinski definition) is 1. The number of nitrogens with zero attached hydrogens (tertiary/aromatic N) is 3. The smallest absolute Gasteiger partial charge is 0.269 e. The number of nitrogens with one attached hydrogen (secondary N) is 1. The second-order valence-corrected chi connectivity index (χ2v) is 1.64. The van der Waals surface area contributed by atoms with Crippen molar-refractivity contribution in [1.82, 2.24) is 15.4 Å². The molecule has 0 atom stereocenters. The first-order valence-corrected chi connectivity index (χ1v) is 2.30. The maximum absolute atomic E-state index is 3.51. The molecule has 1 aromatic heterocycles. The van der Waals surface area contributed by atoms with Gasteiger partial charge in [0.05, 0.1) is 5.10 Å². The third-order valence-corrected chi connectivity index (χ3v) is 0.824. The fourth-order valence-electron chi connectivity index (χ4n) is 0.170. The minimum atomic E-state index is 0.